The molecule has 0 spiro atoms. The molecule has 2 heterocycles. The fourth-order valence-electron chi connectivity index (χ4n) is 2.02. The summed E-state index contributed by atoms with van der Waals surface area (Å²) in [6.07, 6.45) is 2.38. The maximum Gasteiger partial charge on any atom is 0.245 e. The molecule has 0 N–H and O–H groups in total. The van der Waals surface area contributed by atoms with Crippen molar-refractivity contribution < 1.29 is 4.79 Å². The lowest BCUT2D eigenvalue weighted by Gasteiger charge is -2.32. The van der Waals surface area contributed by atoms with Crippen molar-refractivity contribution in [2.24, 2.45) is 0 Å². The van der Waals surface area contributed by atoms with Gasteiger partial charge in [-0.2, -0.15) is 0 Å². The summed E-state index contributed by atoms with van der Waals surface area (Å²) in [7, 11) is 4.24. The first-order valence-corrected chi connectivity index (χ1v) is 7.96. The maximum absolute atomic E-state index is 12.1. The molecule has 0 unspecified atom stereocenters. The van der Waals surface area contributed by atoms with Crippen LogP contribution >= 0.6 is 23.5 Å². The second kappa shape index (κ2) is 5.65. The highest BCUT2D eigenvalue weighted by Crippen LogP contribution is 2.34. The molecule has 0 aliphatic carbocycles. The number of carbonyl (C=O) groups excluding carboxylic acids is 1. The van der Waals surface area contributed by atoms with E-state index in [1.165, 1.54) is 12.8 Å². The molecule has 0 saturated carbocycles. The van der Waals surface area contributed by atoms with E-state index in [-0.39, 0.29) is 4.58 Å². The molecule has 2 aliphatic heterocycles. The van der Waals surface area contributed by atoms with Crippen LogP contribution in [-0.4, -0.2) is 65.0 Å². The van der Waals surface area contributed by atoms with Crippen molar-refractivity contribution in [3.05, 3.63) is 0 Å². The Labute approximate surface area is 106 Å². The summed E-state index contributed by atoms with van der Waals surface area (Å²) in [4.78, 5) is 16.5. The van der Waals surface area contributed by atoms with Crippen molar-refractivity contribution in [2.45, 2.75) is 23.5 Å². The minimum absolute atomic E-state index is 0.161. The van der Waals surface area contributed by atoms with Gasteiger partial charge in [-0.05, 0) is 26.9 Å². The third kappa shape index (κ3) is 2.87. The average Bonchev–Trinajstić information content (AvgIpc) is 2.81. The number of carbonyl (C=O) groups is 1. The molecule has 0 aromatic carbocycles. The van der Waals surface area contributed by atoms with Crippen LogP contribution in [0.4, 0.5) is 0 Å². The predicted molar refractivity (Wildman–Crippen MR) is 72.0 cm³/mol. The number of nitrogens with zero attached hydrogens (tertiary/aromatic N) is 2. The Hall–Kier alpha value is 0.130. The van der Waals surface area contributed by atoms with Gasteiger partial charge in [0.25, 0.3) is 0 Å². The zero-order valence-corrected chi connectivity index (χ0v) is 11.6. The molecule has 0 radical (unpaired) electrons. The van der Waals surface area contributed by atoms with Crippen molar-refractivity contribution >= 4 is 29.4 Å². The molecule has 16 heavy (non-hydrogen) atoms. The molecule has 5 heteroatoms. The zero-order valence-electron chi connectivity index (χ0n) is 10.0. The quantitative estimate of drug-likeness (QED) is 0.748. The highest BCUT2D eigenvalue weighted by molar-refractivity contribution is 8.18. The van der Waals surface area contributed by atoms with Crippen LogP contribution in [-0.2, 0) is 4.79 Å². The lowest BCUT2D eigenvalue weighted by Crippen LogP contribution is -2.41. The van der Waals surface area contributed by atoms with Gasteiger partial charge in [-0.1, -0.05) is 0 Å². The fraction of sp³-hybridized carbons (Fsp3) is 0.909. The Kier molecular flexibility index (Phi) is 4.44. The topological polar surface area (TPSA) is 23.6 Å². The zero-order chi connectivity index (χ0) is 11.5. The monoisotopic (exact) mass is 260 g/mol. The van der Waals surface area contributed by atoms with Gasteiger partial charge in [0.05, 0.1) is 0 Å². The van der Waals surface area contributed by atoms with Crippen LogP contribution in [0.1, 0.15) is 12.8 Å². The minimum Gasteiger partial charge on any atom is -0.341 e. The molecule has 0 bridgehead atoms. The summed E-state index contributed by atoms with van der Waals surface area (Å²) in [6, 6.07) is 0.623. The standard InChI is InChI=1S/C11H20N2OS2/c1-12(2)9-7-15-11(16-8-9)10(14)13-5-3-4-6-13/h9,11H,3-8H2,1-2H3. The van der Waals surface area contributed by atoms with Gasteiger partial charge in [0, 0.05) is 30.6 Å². The Bertz CT molecular complexity index is 246. The Balaban J connectivity index is 1.81. The van der Waals surface area contributed by atoms with Gasteiger partial charge in [-0.15, -0.1) is 23.5 Å². The summed E-state index contributed by atoms with van der Waals surface area (Å²) >= 11 is 3.65. The molecule has 1 amide bonds. The molecule has 0 aromatic rings. The lowest BCUT2D eigenvalue weighted by molar-refractivity contribution is -0.127. The van der Waals surface area contributed by atoms with Crippen LogP contribution in [0.25, 0.3) is 0 Å². The first-order valence-electron chi connectivity index (χ1n) is 5.87. The Morgan fingerprint density at radius 1 is 1.19 bits per heavy atom. The van der Waals surface area contributed by atoms with Crippen molar-refractivity contribution in [3.8, 4) is 0 Å². The third-order valence-corrected chi connectivity index (χ3v) is 6.21. The van der Waals surface area contributed by atoms with Gasteiger partial charge in [-0.25, -0.2) is 0 Å². The van der Waals surface area contributed by atoms with E-state index in [0.29, 0.717) is 11.9 Å². The van der Waals surface area contributed by atoms with Gasteiger partial charge >= 0.3 is 0 Å². The van der Waals surface area contributed by atoms with Crippen LogP contribution in [0.2, 0.25) is 0 Å². The first-order chi connectivity index (χ1) is 7.68. The smallest absolute Gasteiger partial charge is 0.245 e. The first kappa shape index (κ1) is 12.6. The van der Waals surface area contributed by atoms with E-state index in [2.05, 4.69) is 19.0 Å². The maximum atomic E-state index is 12.1. The van der Waals surface area contributed by atoms with Crippen LogP contribution in [0.15, 0.2) is 0 Å². The summed E-state index contributed by atoms with van der Waals surface area (Å²) in [5, 5.41) is 0. The second-order valence-corrected chi connectivity index (χ2v) is 7.22. The average molecular weight is 260 g/mol. The number of thioether (sulfide) groups is 2. The molecule has 3 nitrogen and oxygen atoms in total. The highest BCUT2D eigenvalue weighted by atomic mass is 32.2. The van der Waals surface area contributed by atoms with Crippen molar-refractivity contribution in [1.29, 1.82) is 0 Å². The van der Waals surface area contributed by atoms with E-state index < -0.39 is 0 Å². The number of hydrogen-bond acceptors (Lipinski definition) is 4. The van der Waals surface area contributed by atoms with Crippen LogP contribution in [0, 0.1) is 0 Å². The SMILES string of the molecule is CN(C)C1CSC(C(=O)N2CCCC2)SC1. The van der Waals surface area contributed by atoms with Gasteiger partial charge in [0.15, 0.2) is 0 Å². The molecule has 92 valence electrons. The second-order valence-electron chi connectivity index (χ2n) is 4.65. The number of rotatable bonds is 2. The molecule has 0 aromatic heterocycles. The van der Waals surface area contributed by atoms with Gasteiger partial charge in [0.2, 0.25) is 5.91 Å². The lowest BCUT2D eigenvalue weighted by atomic mass is 10.4. The van der Waals surface area contributed by atoms with E-state index in [1.54, 1.807) is 0 Å². The highest BCUT2D eigenvalue weighted by Gasteiger charge is 2.32. The van der Waals surface area contributed by atoms with Crippen LogP contribution in [0.5, 0.6) is 0 Å². The number of hydrogen-bond donors (Lipinski definition) is 0. The van der Waals surface area contributed by atoms with Crippen molar-refractivity contribution in [2.75, 3.05) is 38.7 Å². The molecule has 2 fully saturated rings. The molecule has 0 atom stereocenters. The van der Waals surface area contributed by atoms with Crippen molar-refractivity contribution in [1.82, 2.24) is 9.80 Å². The molecular formula is C11H20N2OS2. The summed E-state index contributed by atoms with van der Waals surface area (Å²) < 4.78 is 0.161. The molecule has 2 aliphatic rings. The summed E-state index contributed by atoms with van der Waals surface area (Å²) in [5.41, 5.74) is 0. The number of likely N-dealkylation sites (tertiary alicyclic amines) is 1. The largest absolute Gasteiger partial charge is 0.341 e. The molecule has 2 saturated heterocycles. The van der Waals surface area contributed by atoms with E-state index in [9.17, 15) is 4.79 Å². The van der Waals surface area contributed by atoms with E-state index >= 15 is 0 Å². The van der Waals surface area contributed by atoms with Gasteiger partial charge < -0.3 is 9.80 Å². The minimum atomic E-state index is 0.161. The van der Waals surface area contributed by atoms with Gasteiger partial charge in [-0.3, -0.25) is 4.79 Å². The van der Waals surface area contributed by atoms with E-state index in [0.717, 1.165) is 24.6 Å². The van der Waals surface area contributed by atoms with E-state index in [4.69, 9.17) is 0 Å². The van der Waals surface area contributed by atoms with Crippen LogP contribution in [0.3, 0.4) is 0 Å². The van der Waals surface area contributed by atoms with Crippen LogP contribution < -0.4 is 0 Å². The van der Waals surface area contributed by atoms with E-state index in [1.807, 2.05) is 28.4 Å². The molecular weight excluding hydrogens is 240 g/mol. The predicted octanol–water partition coefficient (Wildman–Crippen LogP) is 1.35. The van der Waals surface area contributed by atoms with Crippen molar-refractivity contribution in [3.63, 3.8) is 0 Å². The third-order valence-electron chi connectivity index (χ3n) is 3.23. The Morgan fingerprint density at radius 2 is 1.75 bits per heavy atom. The summed E-state index contributed by atoms with van der Waals surface area (Å²) in [5.74, 6) is 2.54. The van der Waals surface area contributed by atoms with Gasteiger partial charge in [0.1, 0.15) is 4.58 Å². The molecule has 2 rings (SSSR count). The Morgan fingerprint density at radius 3 is 2.25 bits per heavy atom. The number of amides is 1. The summed E-state index contributed by atoms with van der Waals surface area (Å²) in [6.45, 7) is 1.96. The normalized spacial score (nSPS) is 31.1. The fourth-order valence-corrected chi connectivity index (χ4v) is 5.24.